The van der Waals surface area contributed by atoms with Gasteiger partial charge in [-0.05, 0) is 25.2 Å². The van der Waals surface area contributed by atoms with Crippen LogP contribution in [0, 0.1) is 23.2 Å². The number of aryl methyl sites for hydroxylation is 1. The van der Waals surface area contributed by atoms with Crippen LogP contribution in [0.15, 0.2) is 10.6 Å². The van der Waals surface area contributed by atoms with E-state index in [-0.39, 0.29) is 22.5 Å². The van der Waals surface area contributed by atoms with E-state index in [2.05, 4.69) is 10.5 Å². The zero-order chi connectivity index (χ0) is 14.8. The van der Waals surface area contributed by atoms with E-state index >= 15 is 0 Å². The molecule has 1 aromatic heterocycles. The number of hydrogen-bond donors (Lipinski definition) is 1. The third-order valence-corrected chi connectivity index (χ3v) is 6.01. The number of ketones is 1. The Morgan fingerprint density at radius 1 is 1.35 bits per heavy atom. The summed E-state index contributed by atoms with van der Waals surface area (Å²) in [6.07, 6.45) is 1.87. The van der Waals surface area contributed by atoms with Crippen molar-refractivity contribution in [3.63, 3.8) is 0 Å². The molecule has 0 spiro atoms. The van der Waals surface area contributed by atoms with Crippen LogP contribution in [0.3, 0.4) is 0 Å². The van der Waals surface area contributed by atoms with Crippen molar-refractivity contribution in [2.24, 2.45) is 16.2 Å². The number of aromatic nitrogens is 1. The summed E-state index contributed by atoms with van der Waals surface area (Å²) in [7, 11) is 0. The SMILES string of the molecule is Cc1cc(NC(=O)[C@@]23CC[C@@](C)(C(=O)C2)C3(C)C)no1. The molecule has 3 rings (SSSR count). The van der Waals surface area contributed by atoms with Gasteiger partial charge in [-0.15, -0.1) is 0 Å². The summed E-state index contributed by atoms with van der Waals surface area (Å²) in [5.41, 5.74) is -1.34. The lowest BCUT2D eigenvalue weighted by molar-refractivity contribution is -0.131. The van der Waals surface area contributed by atoms with Crippen molar-refractivity contribution in [3.8, 4) is 0 Å². The van der Waals surface area contributed by atoms with Gasteiger partial charge < -0.3 is 9.84 Å². The van der Waals surface area contributed by atoms with Gasteiger partial charge in [0.2, 0.25) is 5.91 Å². The predicted octanol–water partition coefficient (Wildman–Crippen LogP) is 2.71. The molecule has 1 amide bonds. The van der Waals surface area contributed by atoms with Crippen LogP contribution in [0.4, 0.5) is 5.82 Å². The van der Waals surface area contributed by atoms with Gasteiger partial charge in [-0.3, -0.25) is 9.59 Å². The van der Waals surface area contributed by atoms with Gasteiger partial charge in [0.1, 0.15) is 11.5 Å². The van der Waals surface area contributed by atoms with Crippen LogP contribution >= 0.6 is 0 Å². The molecule has 2 fully saturated rings. The smallest absolute Gasteiger partial charge is 0.232 e. The molecular weight excluding hydrogens is 256 g/mol. The largest absolute Gasteiger partial charge is 0.360 e. The van der Waals surface area contributed by atoms with Gasteiger partial charge in [0, 0.05) is 17.9 Å². The van der Waals surface area contributed by atoms with Gasteiger partial charge in [-0.25, -0.2) is 0 Å². The number of carbonyl (C=O) groups is 2. The fourth-order valence-electron chi connectivity index (χ4n) is 4.02. The van der Waals surface area contributed by atoms with Crippen molar-refractivity contribution in [2.75, 3.05) is 5.32 Å². The summed E-state index contributed by atoms with van der Waals surface area (Å²) in [6.45, 7) is 7.85. The van der Waals surface area contributed by atoms with Gasteiger partial charge in [0.25, 0.3) is 0 Å². The Kier molecular flexibility index (Phi) is 2.48. The molecule has 2 saturated carbocycles. The number of hydrogen-bond acceptors (Lipinski definition) is 4. The summed E-state index contributed by atoms with van der Waals surface area (Å²) in [5.74, 6) is 1.17. The molecule has 108 valence electrons. The molecule has 20 heavy (non-hydrogen) atoms. The van der Waals surface area contributed by atoms with Crippen LogP contribution in [0.5, 0.6) is 0 Å². The summed E-state index contributed by atoms with van der Waals surface area (Å²) in [6, 6.07) is 1.69. The molecule has 2 aliphatic rings. The number of rotatable bonds is 2. The molecule has 2 bridgehead atoms. The zero-order valence-electron chi connectivity index (χ0n) is 12.4. The van der Waals surface area contributed by atoms with Crippen LogP contribution in [-0.2, 0) is 9.59 Å². The second kappa shape index (κ2) is 3.71. The summed E-state index contributed by atoms with van der Waals surface area (Å²) in [4.78, 5) is 25.1. The van der Waals surface area contributed by atoms with Crippen molar-refractivity contribution in [1.82, 2.24) is 5.16 Å². The van der Waals surface area contributed by atoms with E-state index in [1.807, 2.05) is 20.8 Å². The first-order chi connectivity index (χ1) is 9.23. The molecular formula is C15H20N2O3. The van der Waals surface area contributed by atoms with Crippen LogP contribution in [0.1, 0.15) is 45.8 Å². The number of carbonyl (C=O) groups excluding carboxylic acids is 2. The van der Waals surface area contributed by atoms with Crippen LogP contribution in [0.25, 0.3) is 0 Å². The standard InChI is InChI=1S/C15H20N2O3/c1-9-7-11(17-20-9)16-12(19)15-6-5-14(4,10(18)8-15)13(15,2)3/h7H,5-6,8H2,1-4H3,(H,16,17,19)/t14-,15+/m0/s1. The minimum Gasteiger partial charge on any atom is -0.360 e. The first-order valence-corrected chi connectivity index (χ1v) is 7.01. The molecule has 5 heteroatoms. The predicted molar refractivity (Wildman–Crippen MR) is 73.0 cm³/mol. The van der Waals surface area contributed by atoms with Gasteiger partial charge in [-0.2, -0.15) is 0 Å². The maximum atomic E-state index is 12.8. The lowest BCUT2D eigenvalue weighted by atomic mass is 9.64. The van der Waals surface area contributed by atoms with Gasteiger partial charge >= 0.3 is 0 Å². The number of Topliss-reactive ketones (excluding diaryl/α,β-unsaturated/α-hetero) is 1. The average molecular weight is 276 g/mol. The van der Waals surface area contributed by atoms with Crippen molar-refractivity contribution < 1.29 is 14.1 Å². The molecule has 0 aliphatic heterocycles. The third kappa shape index (κ3) is 1.35. The Balaban J connectivity index is 1.93. The summed E-state index contributed by atoms with van der Waals surface area (Å²) in [5, 5.41) is 6.62. The van der Waals surface area contributed by atoms with E-state index in [1.54, 1.807) is 13.0 Å². The summed E-state index contributed by atoms with van der Waals surface area (Å²) >= 11 is 0. The molecule has 1 aromatic rings. The van der Waals surface area contributed by atoms with Crippen molar-refractivity contribution in [2.45, 2.75) is 47.0 Å². The van der Waals surface area contributed by atoms with E-state index in [1.165, 1.54) is 0 Å². The lowest BCUT2D eigenvalue weighted by Gasteiger charge is -2.38. The Hall–Kier alpha value is -1.65. The second-order valence-corrected chi connectivity index (χ2v) is 6.92. The lowest BCUT2D eigenvalue weighted by Crippen LogP contribution is -2.43. The monoisotopic (exact) mass is 276 g/mol. The zero-order valence-corrected chi connectivity index (χ0v) is 12.4. The molecule has 0 aromatic carbocycles. The van der Waals surface area contributed by atoms with Crippen molar-refractivity contribution >= 4 is 17.5 Å². The molecule has 2 aliphatic carbocycles. The van der Waals surface area contributed by atoms with E-state index in [4.69, 9.17) is 4.52 Å². The van der Waals surface area contributed by atoms with Crippen LogP contribution in [-0.4, -0.2) is 16.8 Å². The summed E-state index contributed by atoms with van der Waals surface area (Å²) < 4.78 is 4.97. The van der Waals surface area contributed by atoms with E-state index in [0.29, 0.717) is 18.0 Å². The number of amides is 1. The Morgan fingerprint density at radius 3 is 2.50 bits per heavy atom. The molecule has 0 radical (unpaired) electrons. The normalized spacial score (nSPS) is 34.5. The highest BCUT2D eigenvalue weighted by Gasteiger charge is 2.72. The number of nitrogens with zero attached hydrogens (tertiary/aromatic N) is 1. The second-order valence-electron chi connectivity index (χ2n) is 6.92. The highest BCUT2D eigenvalue weighted by atomic mass is 16.5. The minimum atomic E-state index is -0.619. The quantitative estimate of drug-likeness (QED) is 0.901. The molecule has 5 nitrogen and oxygen atoms in total. The fraction of sp³-hybridized carbons (Fsp3) is 0.667. The van der Waals surface area contributed by atoms with Crippen molar-refractivity contribution in [3.05, 3.63) is 11.8 Å². The first-order valence-electron chi connectivity index (χ1n) is 7.01. The van der Waals surface area contributed by atoms with Crippen LogP contribution in [0.2, 0.25) is 0 Å². The van der Waals surface area contributed by atoms with Crippen LogP contribution < -0.4 is 5.32 Å². The van der Waals surface area contributed by atoms with E-state index in [9.17, 15) is 9.59 Å². The Morgan fingerprint density at radius 2 is 2.05 bits per heavy atom. The number of fused-ring (bicyclic) bond motifs is 2. The van der Waals surface area contributed by atoms with E-state index in [0.717, 1.165) is 12.8 Å². The number of anilines is 1. The topological polar surface area (TPSA) is 72.2 Å². The van der Waals surface area contributed by atoms with Gasteiger partial charge in [0.15, 0.2) is 5.82 Å². The fourth-order valence-corrected chi connectivity index (χ4v) is 4.02. The number of nitrogens with one attached hydrogen (secondary N) is 1. The Labute approximate surface area is 118 Å². The third-order valence-electron chi connectivity index (χ3n) is 6.01. The maximum absolute atomic E-state index is 12.8. The molecule has 0 saturated heterocycles. The Bertz CT molecular complexity index is 604. The van der Waals surface area contributed by atoms with Gasteiger partial charge in [-0.1, -0.05) is 25.9 Å². The molecule has 2 atom stereocenters. The molecule has 1 N–H and O–H groups in total. The van der Waals surface area contributed by atoms with Gasteiger partial charge in [0.05, 0.1) is 5.41 Å². The highest BCUT2D eigenvalue weighted by molar-refractivity contribution is 6.04. The van der Waals surface area contributed by atoms with Crippen molar-refractivity contribution in [1.29, 1.82) is 0 Å². The maximum Gasteiger partial charge on any atom is 0.232 e. The average Bonchev–Trinajstić information content (AvgIpc) is 2.89. The minimum absolute atomic E-state index is 0.106. The van der Waals surface area contributed by atoms with E-state index < -0.39 is 5.41 Å². The highest BCUT2D eigenvalue weighted by Crippen LogP contribution is 2.70. The molecule has 1 heterocycles. The first kappa shape index (κ1) is 13.3. The molecule has 0 unspecified atom stereocenters.